The predicted molar refractivity (Wildman–Crippen MR) is 129 cm³/mol. The first kappa shape index (κ1) is 29.4. The molecule has 0 radical (unpaired) electrons. The average molecular weight is 428 g/mol. The highest BCUT2D eigenvalue weighted by Gasteiger charge is 2.18. The lowest BCUT2D eigenvalue weighted by Crippen LogP contribution is -2.44. The van der Waals surface area contributed by atoms with Crippen molar-refractivity contribution in [1.82, 2.24) is 5.32 Å². The molecule has 0 fully saturated rings. The maximum absolute atomic E-state index is 11.0. The molecule has 0 aromatic rings. The van der Waals surface area contributed by atoms with Crippen LogP contribution in [0.3, 0.4) is 0 Å². The number of carbonyl (C=O) groups excluding carboxylic acids is 1. The van der Waals surface area contributed by atoms with Crippen LogP contribution in [0.2, 0.25) is 0 Å². The van der Waals surface area contributed by atoms with E-state index < -0.39 is 12.1 Å². The predicted octanol–water partition coefficient (Wildman–Crippen LogP) is 6.67. The van der Waals surface area contributed by atoms with Gasteiger partial charge in [0.05, 0.1) is 18.8 Å². The van der Waals surface area contributed by atoms with Gasteiger partial charge in [-0.3, -0.25) is 4.79 Å². The van der Waals surface area contributed by atoms with E-state index >= 15 is 0 Å². The second-order valence-electron chi connectivity index (χ2n) is 9.21. The molecular formula is C26H53NO3. The van der Waals surface area contributed by atoms with Crippen molar-refractivity contribution in [2.24, 2.45) is 0 Å². The molecule has 0 heterocycles. The topological polar surface area (TPSA) is 69.6 Å². The van der Waals surface area contributed by atoms with Crippen LogP contribution in [0.15, 0.2) is 0 Å². The van der Waals surface area contributed by atoms with Crippen molar-refractivity contribution in [2.45, 2.75) is 154 Å². The molecule has 0 aliphatic carbocycles. The molecular weight excluding hydrogens is 374 g/mol. The van der Waals surface area contributed by atoms with Crippen molar-refractivity contribution in [3.8, 4) is 0 Å². The van der Waals surface area contributed by atoms with Gasteiger partial charge in [-0.1, -0.05) is 129 Å². The van der Waals surface area contributed by atoms with Crippen LogP contribution >= 0.6 is 0 Å². The number of nitrogens with one attached hydrogen (secondary N) is 1. The smallest absolute Gasteiger partial charge is 0.217 e. The number of aliphatic hydroxyl groups excluding tert-OH is 2. The highest BCUT2D eigenvalue weighted by Crippen LogP contribution is 2.15. The molecule has 4 nitrogen and oxygen atoms in total. The number of hydrogen-bond acceptors (Lipinski definition) is 3. The van der Waals surface area contributed by atoms with Gasteiger partial charge in [-0.15, -0.1) is 0 Å². The van der Waals surface area contributed by atoms with E-state index in [1.165, 1.54) is 116 Å². The Labute approximate surface area is 187 Å². The van der Waals surface area contributed by atoms with Gasteiger partial charge in [-0.2, -0.15) is 0 Å². The fourth-order valence-corrected chi connectivity index (χ4v) is 4.16. The lowest BCUT2D eigenvalue weighted by Gasteiger charge is -2.21. The lowest BCUT2D eigenvalue weighted by molar-refractivity contribution is -0.121. The van der Waals surface area contributed by atoms with Crippen LogP contribution in [0.1, 0.15) is 142 Å². The summed E-state index contributed by atoms with van der Waals surface area (Å²) in [6, 6.07) is -0.530. The Hall–Kier alpha value is -0.610. The summed E-state index contributed by atoms with van der Waals surface area (Å²) >= 11 is 0. The van der Waals surface area contributed by atoms with E-state index in [9.17, 15) is 15.0 Å². The van der Waals surface area contributed by atoms with Crippen LogP contribution in [0.4, 0.5) is 0 Å². The molecule has 30 heavy (non-hydrogen) atoms. The van der Waals surface area contributed by atoms with E-state index in [4.69, 9.17) is 0 Å². The second-order valence-corrected chi connectivity index (χ2v) is 9.21. The fourth-order valence-electron chi connectivity index (χ4n) is 4.16. The van der Waals surface area contributed by atoms with Crippen LogP contribution in [0.25, 0.3) is 0 Å². The summed E-state index contributed by atoms with van der Waals surface area (Å²) in [5.74, 6) is -0.207. The minimum atomic E-state index is -0.648. The zero-order chi connectivity index (χ0) is 22.3. The number of carbonyl (C=O) groups is 1. The summed E-state index contributed by atoms with van der Waals surface area (Å²) in [5.41, 5.74) is 0. The number of aliphatic hydroxyl groups is 2. The van der Waals surface area contributed by atoms with Crippen molar-refractivity contribution >= 4 is 5.91 Å². The molecule has 180 valence electrons. The SMILES string of the molecule is CCCCCCCCCCCCCCCCCCCCCC(O)C(CO)NC(C)=O. The molecule has 0 bridgehead atoms. The molecule has 0 spiro atoms. The largest absolute Gasteiger partial charge is 0.394 e. The van der Waals surface area contributed by atoms with Crippen LogP contribution in [0.5, 0.6) is 0 Å². The Balaban J connectivity index is 3.23. The lowest BCUT2D eigenvalue weighted by atomic mass is 10.0. The Morgan fingerprint density at radius 3 is 1.30 bits per heavy atom. The average Bonchev–Trinajstić information content (AvgIpc) is 2.73. The molecule has 0 aliphatic rings. The first-order valence-corrected chi connectivity index (χ1v) is 13.2. The molecule has 1 amide bonds. The van der Waals surface area contributed by atoms with Crippen LogP contribution in [-0.2, 0) is 4.79 Å². The van der Waals surface area contributed by atoms with Gasteiger partial charge in [0.2, 0.25) is 5.91 Å². The van der Waals surface area contributed by atoms with E-state index in [2.05, 4.69) is 12.2 Å². The van der Waals surface area contributed by atoms with Gasteiger partial charge in [0.15, 0.2) is 0 Å². The summed E-state index contributed by atoms with van der Waals surface area (Å²) in [7, 11) is 0. The van der Waals surface area contributed by atoms with E-state index in [1.807, 2.05) is 0 Å². The maximum Gasteiger partial charge on any atom is 0.217 e. The molecule has 0 aromatic heterocycles. The molecule has 0 aromatic carbocycles. The molecule has 0 saturated heterocycles. The summed E-state index contributed by atoms with van der Waals surface area (Å²) in [6.07, 6.45) is 25.7. The highest BCUT2D eigenvalue weighted by atomic mass is 16.3. The van der Waals surface area contributed by atoms with Gasteiger partial charge < -0.3 is 15.5 Å². The van der Waals surface area contributed by atoms with Crippen LogP contribution in [0, 0.1) is 0 Å². The quantitative estimate of drug-likeness (QED) is 0.160. The van der Waals surface area contributed by atoms with Crippen molar-refractivity contribution in [3.05, 3.63) is 0 Å². The standard InChI is InChI=1S/C26H53NO3/c1-3-4-5-6-7-8-9-10-11-12-13-14-15-16-17-18-19-20-21-22-26(30)25(23-28)27-24(2)29/h25-26,28,30H,3-23H2,1-2H3,(H,27,29). The molecule has 0 rings (SSSR count). The van der Waals surface area contributed by atoms with Gasteiger partial charge >= 0.3 is 0 Å². The Morgan fingerprint density at radius 2 is 1.00 bits per heavy atom. The van der Waals surface area contributed by atoms with Gasteiger partial charge in [0.1, 0.15) is 0 Å². The number of rotatable bonds is 23. The van der Waals surface area contributed by atoms with Gasteiger partial charge in [0, 0.05) is 6.92 Å². The number of amides is 1. The monoisotopic (exact) mass is 427 g/mol. The Morgan fingerprint density at radius 1 is 0.667 bits per heavy atom. The van der Waals surface area contributed by atoms with E-state index in [1.54, 1.807) is 0 Å². The van der Waals surface area contributed by atoms with Gasteiger partial charge in [-0.05, 0) is 6.42 Å². The van der Waals surface area contributed by atoms with E-state index in [0.29, 0.717) is 6.42 Å². The zero-order valence-corrected chi connectivity index (χ0v) is 20.3. The summed E-state index contributed by atoms with van der Waals surface area (Å²) in [5, 5.41) is 21.9. The number of hydrogen-bond donors (Lipinski definition) is 3. The fraction of sp³-hybridized carbons (Fsp3) is 0.962. The highest BCUT2D eigenvalue weighted by molar-refractivity contribution is 5.73. The van der Waals surface area contributed by atoms with Gasteiger partial charge in [-0.25, -0.2) is 0 Å². The molecule has 0 saturated carbocycles. The molecule has 2 atom stereocenters. The molecule has 3 N–H and O–H groups in total. The normalized spacial score (nSPS) is 13.3. The summed E-state index contributed by atoms with van der Waals surface area (Å²) < 4.78 is 0. The van der Waals surface area contributed by atoms with Crippen molar-refractivity contribution in [3.63, 3.8) is 0 Å². The van der Waals surface area contributed by atoms with Crippen molar-refractivity contribution in [1.29, 1.82) is 0 Å². The van der Waals surface area contributed by atoms with E-state index in [-0.39, 0.29) is 12.5 Å². The molecule has 4 heteroatoms. The third-order valence-corrected chi connectivity index (χ3v) is 6.15. The molecule has 0 aliphatic heterocycles. The zero-order valence-electron chi connectivity index (χ0n) is 20.3. The van der Waals surface area contributed by atoms with Crippen molar-refractivity contribution < 1.29 is 15.0 Å². The Bertz CT molecular complexity index is 362. The number of unbranched alkanes of at least 4 members (excludes halogenated alkanes) is 18. The van der Waals surface area contributed by atoms with Crippen LogP contribution < -0.4 is 5.32 Å². The second kappa shape index (κ2) is 23.1. The summed E-state index contributed by atoms with van der Waals surface area (Å²) in [6.45, 7) is 3.48. The minimum Gasteiger partial charge on any atom is -0.394 e. The first-order chi connectivity index (χ1) is 14.6. The molecule has 2 unspecified atom stereocenters. The Kier molecular flexibility index (Phi) is 22.6. The third kappa shape index (κ3) is 20.7. The van der Waals surface area contributed by atoms with Crippen LogP contribution in [-0.4, -0.2) is 34.9 Å². The van der Waals surface area contributed by atoms with Crippen molar-refractivity contribution in [2.75, 3.05) is 6.61 Å². The minimum absolute atomic E-state index is 0.207. The third-order valence-electron chi connectivity index (χ3n) is 6.15. The summed E-state index contributed by atoms with van der Waals surface area (Å²) in [4.78, 5) is 11.0. The van der Waals surface area contributed by atoms with Gasteiger partial charge in [0.25, 0.3) is 0 Å². The van der Waals surface area contributed by atoms with E-state index in [0.717, 1.165) is 12.8 Å². The maximum atomic E-state index is 11.0. The first-order valence-electron chi connectivity index (χ1n) is 13.2.